The van der Waals surface area contributed by atoms with Gasteiger partial charge in [-0.25, -0.2) is 0 Å². The van der Waals surface area contributed by atoms with Crippen LogP contribution in [0.4, 0.5) is 0 Å². The molecule has 6 heteroatoms. The van der Waals surface area contributed by atoms with E-state index in [1.165, 1.54) is 23.7 Å². The average Bonchev–Trinajstić information content (AvgIpc) is 3.12. The zero-order chi connectivity index (χ0) is 15.5. The minimum atomic E-state index is -0.307. The molecule has 3 aromatic rings. The molecule has 0 unspecified atom stereocenters. The molecular weight excluding hydrogens is 302 g/mol. The van der Waals surface area contributed by atoms with Crippen LogP contribution in [0.15, 0.2) is 51.9 Å². The minimum Gasteiger partial charge on any atom is -0.508 e. The number of Topliss-reactive ketones (excluding diaryl/α,β-unsaturated/α-hetero) is 1. The van der Waals surface area contributed by atoms with Gasteiger partial charge in [0.1, 0.15) is 5.75 Å². The van der Waals surface area contributed by atoms with E-state index in [-0.39, 0.29) is 22.9 Å². The van der Waals surface area contributed by atoms with E-state index in [4.69, 9.17) is 4.42 Å². The summed E-state index contributed by atoms with van der Waals surface area (Å²) in [5, 5.41) is 9.24. The quantitative estimate of drug-likeness (QED) is 0.712. The lowest BCUT2D eigenvalue weighted by Crippen LogP contribution is -2.19. The molecule has 0 amide bonds. The van der Waals surface area contributed by atoms with Crippen molar-refractivity contribution in [2.75, 3.05) is 0 Å². The lowest BCUT2D eigenvalue weighted by molar-refractivity contribution is 0.103. The number of thiazole rings is 1. The highest BCUT2D eigenvalue weighted by atomic mass is 32.1. The molecule has 0 aliphatic carbocycles. The highest BCUT2D eigenvalue weighted by Gasteiger charge is 2.05. The van der Waals surface area contributed by atoms with Gasteiger partial charge in [-0.1, -0.05) is 12.1 Å². The second-order valence-electron chi connectivity index (χ2n) is 4.51. The molecule has 0 fully saturated rings. The Hall–Kier alpha value is -2.86. The fourth-order valence-corrected chi connectivity index (χ4v) is 2.74. The van der Waals surface area contributed by atoms with Gasteiger partial charge in [0.05, 0.1) is 15.5 Å². The molecule has 0 aliphatic rings. The molecular formula is C16H11NO4S. The molecule has 22 heavy (non-hydrogen) atoms. The predicted molar refractivity (Wildman–Crippen MR) is 83.4 cm³/mol. The molecule has 0 saturated heterocycles. The highest BCUT2D eigenvalue weighted by Crippen LogP contribution is 2.09. The molecule has 2 heterocycles. The largest absolute Gasteiger partial charge is 0.508 e. The van der Waals surface area contributed by atoms with Crippen molar-refractivity contribution < 1.29 is 14.3 Å². The molecule has 0 radical (unpaired) electrons. The van der Waals surface area contributed by atoms with Crippen LogP contribution < -0.4 is 14.8 Å². The van der Waals surface area contributed by atoms with Gasteiger partial charge in [0.15, 0.2) is 5.76 Å². The number of furan rings is 1. The van der Waals surface area contributed by atoms with Gasteiger partial charge in [0.2, 0.25) is 5.78 Å². The number of rotatable bonds is 3. The van der Waals surface area contributed by atoms with E-state index in [1.807, 2.05) is 0 Å². The highest BCUT2D eigenvalue weighted by molar-refractivity contribution is 7.07. The summed E-state index contributed by atoms with van der Waals surface area (Å²) in [7, 11) is 0. The summed E-state index contributed by atoms with van der Waals surface area (Å²) >= 11 is 1.18. The molecule has 2 aromatic heterocycles. The summed E-state index contributed by atoms with van der Waals surface area (Å²) < 4.78 is 5.94. The van der Waals surface area contributed by atoms with Crippen LogP contribution in [0.2, 0.25) is 0 Å². The Balaban J connectivity index is 1.99. The average molecular weight is 313 g/mol. The molecule has 5 nitrogen and oxygen atoms in total. The number of carbonyl (C=O) groups excluding carboxylic acids is 1. The van der Waals surface area contributed by atoms with Crippen LogP contribution in [0.25, 0.3) is 12.2 Å². The Kier molecular flexibility index (Phi) is 3.76. The van der Waals surface area contributed by atoms with Gasteiger partial charge in [-0.2, -0.15) is 0 Å². The zero-order valence-corrected chi connectivity index (χ0v) is 12.1. The van der Waals surface area contributed by atoms with E-state index >= 15 is 0 Å². The summed E-state index contributed by atoms with van der Waals surface area (Å²) in [5.74, 6) is 0.0762. The second kappa shape index (κ2) is 5.87. The number of carbonyl (C=O) groups is 1. The van der Waals surface area contributed by atoms with Gasteiger partial charge in [0, 0.05) is 6.08 Å². The normalized spacial score (nSPS) is 12.7. The van der Waals surface area contributed by atoms with Gasteiger partial charge in [-0.05, 0) is 35.9 Å². The number of aromatic amines is 1. The van der Waals surface area contributed by atoms with Gasteiger partial charge >= 0.3 is 0 Å². The number of ketones is 1. The third kappa shape index (κ3) is 3.07. The van der Waals surface area contributed by atoms with Crippen molar-refractivity contribution in [3.63, 3.8) is 0 Å². The number of hydrogen-bond acceptors (Lipinski definition) is 5. The van der Waals surface area contributed by atoms with Crippen molar-refractivity contribution in [1.29, 1.82) is 0 Å². The number of phenols is 1. The first-order valence-corrected chi connectivity index (χ1v) is 7.23. The Morgan fingerprint density at radius 3 is 2.68 bits per heavy atom. The van der Waals surface area contributed by atoms with Crippen LogP contribution in [-0.4, -0.2) is 15.9 Å². The van der Waals surface area contributed by atoms with Crippen LogP contribution in [0.5, 0.6) is 5.75 Å². The summed E-state index contributed by atoms with van der Waals surface area (Å²) in [6, 6.07) is 9.68. The van der Waals surface area contributed by atoms with Crippen LogP contribution in [0.1, 0.15) is 16.1 Å². The number of aromatic hydroxyl groups is 1. The molecule has 0 saturated carbocycles. The van der Waals surface area contributed by atoms with E-state index in [0.29, 0.717) is 9.20 Å². The Labute approximate surface area is 128 Å². The molecule has 0 atom stereocenters. The fourth-order valence-electron chi connectivity index (χ4n) is 1.86. The maximum Gasteiger partial charge on any atom is 0.266 e. The topological polar surface area (TPSA) is 83.3 Å². The lowest BCUT2D eigenvalue weighted by Gasteiger charge is -1.91. The van der Waals surface area contributed by atoms with Gasteiger partial charge in [-0.3, -0.25) is 9.59 Å². The summed E-state index contributed by atoms with van der Waals surface area (Å²) in [4.78, 5) is 26.4. The van der Waals surface area contributed by atoms with Crippen molar-refractivity contribution in [3.8, 4) is 5.75 Å². The lowest BCUT2D eigenvalue weighted by atomic mass is 10.2. The molecule has 0 spiro atoms. The SMILES string of the molecule is O=C(/C=c1/[nH]c(=O)/c(=C/c2ccc(O)cc2)s1)c1ccco1. The number of phenolic OH excluding ortho intramolecular Hbond substituents is 1. The van der Waals surface area contributed by atoms with Crippen LogP contribution in [0.3, 0.4) is 0 Å². The standard InChI is InChI=1S/C16H11NO4S/c18-11-5-3-10(4-6-11)8-14-16(20)17-15(22-14)9-12(19)13-2-1-7-21-13/h1-9,18H,(H,17,20)/b14-8-,15-9-. The van der Waals surface area contributed by atoms with Gasteiger partial charge < -0.3 is 14.5 Å². The van der Waals surface area contributed by atoms with Crippen LogP contribution in [-0.2, 0) is 0 Å². The number of nitrogens with one attached hydrogen (secondary N) is 1. The van der Waals surface area contributed by atoms with E-state index < -0.39 is 0 Å². The van der Waals surface area contributed by atoms with Crippen molar-refractivity contribution in [2.45, 2.75) is 0 Å². The first-order valence-electron chi connectivity index (χ1n) is 6.41. The van der Waals surface area contributed by atoms with Gasteiger partial charge in [0.25, 0.3) is 5.56 Å². The molecule has 110 valence electrons. The molecule has 0 aliphatic heterocycles. The minimum absolute atomic E-state index is 0.162. The maximum absolute atomic E-state index is 11.9. The Bertz CT molecular complexity index is 963. The smallest absolute Gasteiger partial charge is 0.266 e. The predicted octanol–water partition coefficient (Wildman–Crippen LogP) is 1.23. The van der Waals surface area contributed by atoms with E-state index in [9.17, 15) is 14.7 Å². The van der Waals surface area contributed by atoms with Crippen molar-refractivity contribution in [2.24, 2.45) is 0 Å². The Morgan fingerprint density at radius 2 is 2.00 bits per heavy atom. The van der Waals surface area contributed by atoms with Crippen molar-refractivity contribution >= 4 is 29.3 Å². The first kappa shape index (κ1) is 14.1. The third-order valence-corrected chi connectivity index (χ3v) is 3.86. The number of hydrogen-bond donors (Lipinski definition) is 2. The monoisotopic (exact) mass is 313 g/mol. The van der Waals surface area contributed by atoms with Gasteiger partial charge in [-0.15, -0.1) is 11.3 Å². The number of aromatic nitrogens is 1. The summed E-state index contributed by atoms with van der Waals surface area (Å²) in [6.07, 6.45) is 4.44. The summed E-state index contributed by atoms with van der Waals surface area (Å²) in [6.45, 7) is 0. The second-order valence-corrected chi connectivity index (χ2v) is 5.59. The van der Waals surface area contributed by atoms with Crippen LogP contribution in [0, 0.1) is 0 Å². The summed E-state index contributed by atoms with van der Waals surface area (Å²) in [5.41, 5.74) is 0.519. The molecule has 1 aromatic carbocycles. The third-order valence-electron chi connectivity index (χ3n) is 2.90. The molecule has 0 bridgehead atoms. The van der Waals surface area contributed by atoms with Crippen LogP contribution >= 0.6 is 11.3 Å². The van der Waals surface area contributed by atoms with E-state index in [1.54, 1.807) is 42.5 Å². The number of H-pyrrole nitrogens is 1. The van der Waals surface area contributed by atoms with Crippen molar-refractivity contribution in [1.82, 2.24) is 4.98 Å². The fraction of sp³-hybridized carbons (Fsp3) is 0. The maximum atomic E-state index is 11.9. The zero-order valence-electron chi connectivity index (χ0n) is 11.3. The molecule has 3 rings (SSSR count). The molecule has 2 N–H and O–H groups in total. The van der Waals surface area contributed by atoms with E-state index in [0.717, 1.165) is 5.56 Å². The first-order chi connectivity index (χ1) is 10.6. The Morgan fingerprint density at radius 1 is 1.23 bits per heavy atom. The number of benzene rings is 1. The van der Waals surface area contributed by atoms with E-state index in [2.05, 4.69) is 4.98 Å². The van der Waals surface area contributed by atoms with Crippen molar-refractivity contribution in [3.05, 3.63) is 73.5 Å².